The summed E-state index contributed by atoms with van der Waals surface area (Å²) in [7, 11) is 1.04. The lowest BCUT2D eigenvalue weighted by Gasteiger charge is -2.34. The van der Waals surface area contributed by atoms with Crippen LogP contribution < -0.4 is 5.32 Å². The van der Waals surface area contributed by atoms with Crippen molar-refractivity contribution in [2.24, 2.45) is 0 Å². The summed E-state index contributed by atoms with van der Waals surface area (Å²) in [5.74, 6) is -3.25. The van der Waals surface area contributed by atoms with Gasteiger partial charge < -0.3 is 15.0 Å². The number of nitrogens with zero attached hydrogens (tertiary/aromatic N) is 1. The second kappa shape index (κ2) is 6.22. The minimum atomic E-state index is -1.10. The molecule has 1 aliphatic carbocycles. The van der Waals surface area contributed by atoms with Gasteiger partial charge in [-0.2, -0.15) is 0 Å². The zero-order chi connectivity index (χ0) is 17.3. The van der Waals surface area contributed by atoms with Gasteiger partial charge in [0.2, 0.25) is 0 Å². The zero-order valence-electron chi connectivity index (χ0n) is 13.3. The highest BCUT2D eigenvalue weighted by Gasteiger charge is 2.42. The fourth-order valence-electron chi connectivity index (χ4n) is 3.49. The Morgan fingerprint density at radius 1 is 1.21 bits per heavy atom. The third-order valence-electron chi connectivity index (χ3n) is 4.65. The Morgan fingerprint density at radius 3 is 2.42 bits per heavy atom. The lowest BCUT2D eigenvalue weighted by molar-refractivity contribution is 0.0590. The highest BCUT2D eigenvalue weighted by Crippen LogP contribution is 2.39. The number of carbonyl (C=O) groups excluding carboxylic acids is 2. The van der Waals surface area contributed by atoms with Gasteiger partial charge in [0.05, 0.1) is 12.6 Å². The van der Waals surface area contributed by atoms with Crippen LogP contribution in [0.1, 0.15) is 36.0 Å². The molecule has 2 aliphatic rings. The summed E-state index contributed by atoms with van der Waals surface area (Å²) >= 11 is 0. The molecule has 128 valence electrons. The normalized spacial score (nSPS) is 18.2. The van der Waals surface area contributed by atoms with Crippen LogP contribution in [-0.2, 0) is 4.74 Å². The molecule has 0 unspecified atom stereocenters. The molecule has 1 saturated carbocycles. The van der Waals surface area contributed by atoms with E-state index in [1.54, 1.807) is 4.90 Å². The molecule has 7 heteroatoms. The second-order valence-corrected chi connectivity index (χ2v) is 6.06. The van der Waals surface area contributed by atoms with Crippen molar-refractivity contribution in [3.63, 3.8) is 0 Å². The van der Waals surface area contributed by atoms with Crippen molar-refractivity contribution in [2.75, 3.05) is 19.0 Å². The molecule has 0 radical (unpaired) electrons. The van der Waals surface area contributed by atoms with Gasteiger partial charge in [0.15, 0.2) is 0 Å². The molecule has 3 rings (SSSR count). The molecule has 1 aliphatic heterocycles. The number of amides is 2. The maximum Gasteiger partial charge on any atom is 0.343 e. The van der Waals surface area contributed by atoms with Gasteiger partial charge >= 0.3 is 12.0 Å². The van der Waals surface area contributed by atoms with Crippen LogP contribution >= 0.6 is 0 Å². The lowest BCUT2D eigenvalue weighted by Crippen LogP contribution is -2.47. The Balaban J connectivity index is 1.79. The number of benzene rings is 1. The van der Waals surface area contributed by atoms with Crippen LogP contribution in [0.5, 0.6) is 0 Å². The van der Waals surface area contributed by atoms with E-state index < -0.39 is 29.2 Å². The highest BCUT2D eigenvalue weighted by atomic mass is 19.1. The van der Waals surface area contributed by atoms with Crippen molar-refractivity contribution in [1.29, 1.82) is 0 Å². The molecule has 1 fully saturated rings. The molecular formula is C17H18F2N2O3. The van der Waals surface area contributed by atoms with Crippen LogP contribution in [0, 0.1) is 11.6 Å². The summed E-state index contributed by atoms with van der Waals surface area (Å²) in [6.45, 7) is 0.469. The number of hydrogen-bond acceptors (Lipinski definition) is 3. The van der Waals surface area contributed by atoms with E-state index in [9.17, 15) is 18.4 Å². The molecule has 1 heterocycles. The summed E-state index contributed by atoms with van der Waals surface area (Å²) in [6.07, 6.45) is 7.85. The van der Waals surface area contributed by atoms with Crippen molar-refractivity contribution in [3.8, 4) is 0 Å². The number of nitrogens with one attached hydrogen (secondary N) is 1. The van der Waals surface area contributed by atoms with E-state index in [1.807, 2.05) is 12.2 Å². The number of ether oxygens (including phenoxy) is 1. The quantitative estimate of drug-likeness (QED) is 0.664. The van der Waals surface area contributed by atoms with Gasteiger partial charge in [0, 0.05) is 12.2 Å². The zero-order valence-corrected chi connectivity index (χ0v) is 13.3. The number of carbonyl (C=O) groups is 2. The second-order valence-electron chi connectivity index (χ2n) is 6.06. The summed E-state index contributed by atoms with van der Waals surface area (Å²) in [4.78, 5) is 25.6. The van der Waals surface area contributed by atoms with Gasteiger partial charge in [-0.15, -0.1) is 0 Å². The Bertz CT molecular complexity index is 689. The van der Waals surface area contributed by atoms with Crippen LogP contribution in [0.15, 0.2) is 24.3 Å². The molecule has 1 spiro atoms. The van der Waals surface area contributed by atoms with E-state index in [1.165, 1.54) is 0 Å². The van der Waals surface area contributed by atoms with Crippen LogP contribution in [0.3, 0.4) is 0 Å². The molecule has 5 nitrogen and oxygen atoms in total. The number of hydrogen-bond donors (Lipinski definition) is 1. The number of methoxy groups -OCH3 is 1. The lowest BCUT2D eigenvalue weighted by atomic mass is 9.98. The molecule has 1 N–H and O–H groups in total. The van der Waals surface area contributed by atoms with Crippen molar-refractivity contribution >= 4 is 17.7 Å². The molecule has 24 heavy (non-hydrogen) atoms. The van der Waals surface area contributed by atoms with Crippen molar-refractivity contribution in [1.82, 2.24) is 4.90 Å². The maximum absolute atomic E-state index is 14.0. The van der Waals surface area contributed by atoms with Crippen LogP contribution in [0.2, 0.25) is 0 Å². The largest absolute Gasteiger partial charge is 0.465 e. The number of halogens is 2. The smallest absolute Gasteiger partial charge is 0.343 e. The van der Waals surface area contributed by atoms with Crippen LogP contribution in [-0.4, -0.2) is 36.1 Å². The average molecular weight is 336 g/mol. The first kappa shape index (κ1) is 16.4. The van der Waals surface area contributed by atoms with E-state index in [2.05, 4.69) is 10.1 Å². The third-order valence-corrected chi connectivity index (χ3v) is 4.65. The third kappa shape index (κ3) is 2.74. The molecule has 0 aromatic heterocycles. The topological polar surface area (TPSA) is 58.6 Å². The number of esters is 1. The van der Waals surface area contributed by atoms with Crippen molar-refractivity contribution in [3.05, 3.63) is 41.5 Å². The highest BCUT2D eigenvalue weighted by molar-refractivity contribution is 5.93. The van der Waals surface area contributed by atoms with E-state index in [0.29, 0.717) is 6.54 Å². The first-order chi connectivity index (χ1) is 11.5. The first-order valence-corrected chi connectivity index (χ1v) is 7.80. The first-order valence-electron chi connectivity index (χ1n) is 7.80. The van der Waals surface area contributed by atoms with E-state index in [4.69, 9.17) is 0 Å². The number of rotatable bonds is 2. The average Bonchev–Trinajstić information content (AvgIpc) is 3.17. The maximum atomic E-state index is 14.0. The van der Waals surface area contributed by atoms with E-state index >= 15 is 0 Å². The summed E-state index contributed by atoms with van der Waals surface area (Å²) in [6, 6.07) is 1.42. The Kier molecular flexibility index (Phi) is 4.26. The molecule has 0 bridgehead atoms. The molecule has 1 aromatic carbocycles. The van der Waals surface area contributed by atoms with Gasteiger partial charge in [-0.25, -0.2) is 18.4 Å². The van der Waals surface area contributed by atoms with Crippen LogP contribution in [0.4, 0.5) is 19.3 Å². The van der Waals surface area contributed by atoms with E-state index in [0.717, 1.165) is 44.9 Å². The van der Waals surface area contributed by atoms with Gasteiger partial charge in [-0.1, -0.05) is 25.0 Å². The summed E-state index contributed by atoms with van der Waals surface area (Å²) in [5.41, 5.74) is -1.10. The van der Waals surface area contributed by atoms with Crippen LogP contribution in [0.25, 0.3) is 0 Å². The molecule has 2 amide bonds. The Morgan fingerprint density at radius 2 is 1.83 bits per heavy atom. The summed E-state index contributed by atoms with van der Waals surface area (Å²) < 4.78 is 32.2. The Labute approximate surface area is 138 Å². The number of anilines is 1. The fraction of sp³-hybridized carbons (Fsp3) is 0.412. The Hall–Kier alpha value is -2.44. The predicted molar refractivity (Wildman–Crippen MR) is 83.8 cm³/mol. The standard InChI is InChI=1S/C17H18F2N2O3/c1-24-15(22)14-12(18)9-11(10-13(14)19)20-16(23)21-8-4-7-17(21)5-2-3-6-17/h4,7,9-10H,2-3,5-6,8H2,1H3,(H,20,23). The molecule has 1 aromatic rings. The van der Waals surface area contributed by atoms with Gasteiger partial charge in [0.25, 0.3) is 0 Å². The minimum Gasteiger partial charge on any atom is -0.465 e. The molecular weight excluding hydrogens is 318 g/mol. The fourth-order valence-corrected chi connectivity index (χ4v) is 3.49. The van der Waals surface area contributed by atoms with Crippen molar-refractivity contribution < 1.29 is 23.1 Å². The molecule has 0 atom stereocenters. The molecule has 0 saturated heterocycles. The van der Waals surface area contributed by atoms with Gasteiger partial charge in [-0.05, 0) is 25.0 Å². The van der Waals surface area contributed by atoms with Crippen molar-refractivity contribution in [2.45, 2.75) is 31.2 Å². The van der Waals surface area contributed by atoms with Gasteiger partial charge in [0.1, 0.15) is 17.2 Å². The van der Waals surface area contributed by atoms with Gasteiger partial charge in [-0.3, -0.25) is 0 Å². The summed E-state index contributed by atoms with van der Waals surface area (Å²) in [5, 5.41) is 2.52. The monoisotopic (exact) mass is 336 g/mol. The predicted octanol–water partition coefficient (Wildman–Crippen LogP) is 3.47. The number of urea groups is 1. The SMILES string of the molecule is COC(=O)c1c(F)cc(NC(=O)N2CC=CC23CCCC3)cc1F. The minimum absolute atomic E-state index is 0.0392. The van der Waals surface area contributed by atoms with E-state index in [-0.39, 0.29) is 11.2 Å².